The zero-order valence-electron chi connectivity index (χ0n) is 8.21. The van der Waals surface area contributed by atoms with Crippen molar-refractivity contribution in [1.82, 2.24) is 9.78 Å². The number of nitrogen functional groups attached to an aromatic ring is 1. The van der Waals surface area contributed by atoms with Crippen LogP contribution < -0.4 is 5.73 Å². The first-order valence-electron chi connectivity index (χ1n) is 4.63. The summed E-state index contributed by atoms with van der Waals surface area (Å²) in [7, 11) is 0. The highest BCUT2D eigenvalue weighted by Crippen LogP contribution is 2.19. The lowest BCUT2D eigenvalue weighted by atomic mass is 10.1. The standard InChI is InChI=1S/C9H15F2N3/c1-9(10,11)4-2-3-5-14-7-8(12)6-13-14/h6-7H,2-5,12H2,1H3. The fraction of sp³-hybridized carbons (Fsp3) is 0.667. The van der Waals surface area contributed by atoms with Crippen molar-refractivity contribution >= 4 is 5.69 Å². The molecule has 5 heteroatoms. The van der Waals surface area contributed by atoms with Gasteiger partial charge in [0.15, 0.2) is 0 Å². The number of nitrogens with two attached hydrogens (primary N) is 1. The van der Waals surface area contributed by atoms with Crippen LogP contribution in [0.1, 0.15) is 26.2 Å². The molecule has 0 fully saturated rings. The Labute approximate surface area is 81.9 Å². The Kier molecular flexibility index (Phi) is 3.43. The van der Waals surface area contributed by atoms with Crippen LogP contribution in [-0.2, 0) is 6.54 Å². The summed E-state index contributed by atoms with van der Waals surface area (Å²) in [5.74, 6) is -2.55. The molecule has 1 rings (SSSR count). The van der Waals surface area contributed by atoms with Gasteiger partial charge in [-0.05, 0) is 19.8 Å². The number of unbranched alkanes of at least 4 members (excludes halogenated alkanes) is 1. The third kappa shape index (κ3) is 4.20. The molecule has 3 nitrogen and oxygen atoms in total. The fourth-order valence-corrected chi connectivity index (χ4v) is 1.21. The number of aromatic nitrogens is 2. The molecule has 1 heterocycles. The van der Waals surface area contributed by atoms with E-state index in [2.05, 4.69) is 5.10 Å². The maximum absolute atomic E-state index is 12.4. The van der Waals surface area contributed by atoms with Gasteiger partial charge >= 0.3 is 0 Å². The van der Waals surface area contributed by atoms with Crippen molar-refractivity contribution in [3.05, 3.63) is 12.4 Å². The molecule has 0 amide bonds. The van der Waals surface area contributed by atoms with Crippen molar-refractivity contribution in [1.29, 1.82) is 0 Å². The van der Waals surface area contributed by atoms with Crippen molar-refractivity contribution in [2.45, 2.75) is 38.7 Å². The van der Waals surface area contributed by atoms with E-state index in [1.807, 2.05) is 0 Å². The maximum Gasteiger partial charge on any atom is 0.245 e. The van der Waals surface area contributed by atoms with Crippen LogP contribution in [0.15, 0.2) is 12.4 Å². The van der Waals surface area contributed by atoms with Gasteiger partial charge in [0.1, 0.15) is 0 Å². The quantitative estimate of drug-likeness (QED) is 0.746. The summed E-state index contributed by atoms with van der Waals surface area (Å²) in [4.78, 5) is 0. The van der Waals surface area contributed by atoms with Gasteiger partial charge in [-0.15, -0.1) is 0 Å². The Hall–Kier alpha value is -1.13. The molecule has 0 aliphatic heterocycles. The molecule has 0 saturated heterocycles. The van der Waals surface area contributed by atoms with E-state index in [1.165, 1.54) is 0 Å². The van der Waals surface area contributed by atoms with Crippen LogP contribution in [0.2, 0.25) is 0 Å². The Morgan fingerprint density at radius 1 is 1.50 bits per heavy atom. The van der Waals surface area contributed by atoms with Gasteiger partial charge in [-0.3, -0.25) is 4.68 Å². The summed E-state index contributed by atoms with van der Waals surface area (Å²) in [6, 6.07) is 0. The lowest BCUT2D eigenvalue weighted by Crippen LogP contribution is -2.09. The second-order valence-corrected chi connectivity index (χ2v) is 3.56. The lowest BCUT2D eigenvalue weighted by Gasteiger charge is -2.08. The van der Waals surface area contributed by atoms with E-state index < -0.39 is 5.92 Å². The van der Waals surface area contributed by atoms with Gasteiger partial charge in [0, 0.05) is 19.2 Å². The van der Waals surface area contributed by atoms with Gasteiger partial charge in [0.05, 0.1) is 11.9 Å². The fourth-order valence-electron chi connectivity index (χ4n) is 1.21. The number of aryl methyl sites for hydroxylation is 1. The topological polar surface area (TPSA) is 43.8 Å². The monoisotopic (exact) mass is 203 g/mol. The Bertz CT molecular complexity index is 278. The molecule has 1 aromatic rings. The highest BCUT2D eigenvalue weighted by atomic mass is 19.3. The Morgan fingerprint density at radius 2 is 2.21 bits per heavy atom. The van der Waals surface area contributed by atoms with E-state index in [-0.39, 0.29) is 6.42 Å². The van der Waals surface area contributed by atoms with Crippen molar-refractivity contribution in [3.63, 3.8) is 0 Å². The van der Waals surface area contributed by atoms with E-state index in [1.54, 1.807) is 17.1 Å². The second-order valence-electron chi connectivity index (χ2n) is 3.56. The van der Waals surface area contributed by atoms with Crippen LogP contribution in [-0.4, -0.2) is 15.7 Å². The molecule has 0 atom stereocenters. The Balaban J connectivity index is 2.16. The number of hydrogen-bond acceptors (Lipinski definition) is 2. The van der Waals surface area contributed by atoms with Crippen LogP contribution >= 0.6 is 0 Å². The minimum atomic E-state index is -2.55. The highest BCUT2D eigenvalue weighted by Gasteiger charge is 2.19. The summed E-state index contributed by atoms with van der Waals surface area (Å²) < 4.78 is 26.5. The van der Waals surface area contributed by atoms with Crippen molar-refractivity contribution in [3.8, 4) is 0 Å². The maximum atomic E-state index is 12.4. The molecule has 14 heavy (non-hydrogen) atoms. The molecule has 2 N–H and O–H groups in total. The first-order chi connectivity index (χ1) is 6.47. The van der Waals surface area contributed by atoms with Gasteiger partial charge in [0.2, 0.25) is 5.92 Å². The number of halogens is 2. The first kappa shape index (κ1) is 10.9. The molecular formula is C9H15F2N3. The highest BCUT2D eigenvalue weighted by molar-refractivity contribution is 5.30. The van der Waals surface area contributed by atoms with Crippen LogP contribution in [0.3, 0.4) is 0 Å². The van der Waals surface area contributed by atoms with E-state index >= 15 is 0 Å². The molecular weight excluding hydrogens is 188 g/mol. The molecule has 0 aromatic carbocycles. The SMILES string of the molecule is CC(F)(F)CCCCn1cc(N)cn1. The summed E-state index contributed by atoms with van der Waals surface area (Å²) in [5, 5.41) is 3.95. The van der Waals surface area contributed by atoms with Gasteiger partial charge in [0.25, 0.3) is 0 Å². The molecule has 1 aromatic heterocycles. The largest absolute Gasteiger partial charge is 0.396 e. The first-order valence-corrected chi connectivity index (χ1v) is 4.63. The van der Waals surface area contributed by atoms with E-state index in [0.29, 0.717) is 25.1 Å². The molecule has 80 valence electrons. The van der Waals surface area contributed by atoms with Crippen LogP contribution in [0.4, 0.5) is 14.5 Å². The van der Waals surface area contributed by atoms with Gasteiger partial charge < -0.3 is 5.73 Å². The zero-order chi connectivity index (χ0) is 10.6. The molecule has 0 bridgehead atoms. The van der Waals surface area contributed by atoms with Crippen LogP contribution in [0.5, 0.6) is 0 Å². The summed E-state index contributed by atoms with van der Waals surface area (Å²) in [6.45, 7) is 1.59. The normalized spacial score (nSPS) is 11.9. The number of anilines is 1. The minimum absolute atomic E-state index is 0.0657. The minimum Gasteiger partial charge on any atom is -0.396 e. The van der Waals surface area contributed by atoms with Gasteiger partial charge in [-0.2, -0.15) is 5.10 Å². The number of nitrogens with zero attached hydrogens (tertiary/aromatic N) is 2. The van der Waals surface area contributed by atoms with Crippen molar-refractivity contribution < 1.29 is 8.78 Å². The smallest absolute Gasteiger partial charge is 0.245 e. The van der Waals surface area contributed by atoms with Crippen LogP contribution in [0.25, 0.3) is 0 Å². The summed E-state index contributed by atoms with van der Waals surface area (Å²) in [6.07, 6.45) is 4.38. The average Bonchev–Trinajstić information content (AvgIpc) is 2.44. The molecule has 0 saturated carbocycles. The van der Waals surface area contributed by atoms with Gasteiger partial charge in [-0.1, -0.05) is 0 Å². The van der Waals surface area contributed by atoms with Crippen molar-refractivity contribution in [2.75, 3.05) is 5.73 Å². The predicted molar refractivity (Wildman–Crippen MR) is 51.1 cm³/mol. The summed E-state index contributed by atoms with van der Waals surface area (Å²) in [5.41, 5.74) is 6.05. The number of alkyl halides is 2. The third-order valence-electron chi connectivity index (χ3n) is 1.91. The van der Waals surface area contributed by atoms with Crippen LogP contribution in [0, 0.1) is 0 Å². The van der Waals surface area contributed by atoms with E-state index in [0.717, 1.165) is 6.92 Å². The van der Waals surface area contributed by atoms with E-state index in [9.17, 15) is 8.78 Å². The average molecular weight is 203 g/mol. The third-order valence-corrected chi connectivity index (χ3v) is 1.91. The van der Waals surface area contributed by atoms with Crippen molar-refractivity contribution in [2.24, 2.45) is 0 Å². The molecule has 0 aliphatic rings. The summed E-state index contributed by atoms with van der Waals surface area (Å²) >= 11 is 0. The van der Waals surface area contributed by atoms with E-state index in [4.69, 9.17) is 5.73 Å². The second kappa shape index (κ2) is 4.39. The molecule has 0 unspecified atom stereocenters. The Morgan fingerprint density at radius 3 is 2.71 bits per heavy atom. The predicted octanol–water partition coefficient (Wildman–Crippen LogP) is 2.29. The lowest BCUT2D eigenvalue weighted by molar-refractivity contribution is 0.0102. The number of rotatable bonds is 5. The molecule has 0 radical (unpaired) electrons. The number of hydrogen-bond donors (Lipinski definition) is 1. The van der Waals surface area contributed by atoms with Gasteiger partial charge in [-0.25, -0.2) is 8.78 Å². The zero-order valence-corrected chi connectivity index (χ0v) is 8.21. The molecule has 0 spiro atoms. The molecule has 0 aliphatic carbocycles.